The van der Waals surface area contributed by atoms with E-state index in [1.165, 1.54) is 6.42 Å². The van der Waals surface area contributed by atoms with Crippen LogP contribution in [0.1, 0.15) is 12.8 Å². The lowest BCUT2D eigenvalue weighted by Crippen LogP contribution is -2.33. The van der Waals surface area contributed by atoms with Gasteiger partial charge in [0.05, 0.1) is 0 Å². The first-order chi connectivity index (χ1) is 4.85. The molecule has 62 valence electrons. The number of likely N-dealkylation sites (N-methyl/N-ethyl adjacent to an activating group) is 1. The molecule has 1 atom stereocenters. The molecule has 0 amide bonds. The van der Waals surface area contributed by atoms with Gasteiger partial charge in [0.2, 0.25) is 0 Å². The zero-order chi connectivity index (χ0) is 7.82. The van der Waals surface area contributed by atoms with Crippen molar-refractivity contribution in [1.82, 2.24) is 10.6 Å². The average Bonchev–Trinajstić information content (AvgIpc) is 1.99. The summed E-state index contributed by atoms with van der Waals surface area (Å²) in [5.41, 5.74) is 5.48. The SMILES string of the molecule is CNCCC[C@H](CN)NC. The molecule has 0 spiro atoms. The van der Waals surface area contributed by atoms with Crippen LogP contribution in [0.5, 0.6) is 0 Å². The lowest BCUT2D eigenvalue weighted by atomic mass is 10.1. The summed E-state index contributed by atoms with van der Waals surface area (Å²) in [5, 5.41) is 6.26. The fourth-order valence-corrected chi connectivity index (χ4v) is 0.905. The van der Waals surface area contributed by atoms with Gasteiger partial charge in [0.15, 0.2) is 0 Å². The van der Waals surface area contributed by atoms with Gasteiger partial charge in [0.25, 0.3) is 0 Å². The first-order valence-corrected chi connectivity index (χ1v) is 3.87. The third-order valence-corrected chi connectivity index (χ3v) is 1.67. The second-order valence-corrected chi connectivity index (χ2v) is 2.47. The molecule has 0 saturated heterocycles. The molecular formula is C7H19N3. The van der Waals surface area contributed by atoms with Gasteiger partial charge in [-0.15, -0.1) is 0 Å². The quantitative estimate of drug-likeness (QED) is 0.443. The molecule has 0 radical (unpaired) electrons. The molecule has 0 unspecified atom stereocenters. The van der Waals surface area contributed by atoms with E-state index in [1.54, 1.807) is 0 Å². The highest BCUT2D eigenvalue weighted by molar-refractivity contribution is 4.64. The molecule has 0 aliphatic rings. The van der Waals surface area contributed by atoms with E-state index in [9.17, 15) is 0 Å². The zero-order valence-corrected chi connectivity index (χ0v) is 6.98. The fourth-order valence-electron chi connectivity index (χ4n) is 0.905. The van der Waals surface area contributed by atoms with Crippen molar-refractivity contribution >= 4 is 0 Å². The van der Waals surface area contributed by atoms with Crippen molar-refractivity contribution in [3.8, 4) is 0 Å². The van der Waals surface area contributed by atoms with Crippen molar-refractivity contribution < 1.29 is 0 Å². The average molecular weight is 145 g/mol. The van der Waals surface area contributed by atoms with Crippen LogP contribution >= 0.6 is 0 Å². The number of hydrogen-bond acceptors (Lipinski definition) is 3. The molecule has 0 saturated carbocycles. The first kappa shape index (κ1) is 9.88. The van der Waals surface area contributed by atoms with Crippen molar-refractivity contribution in [3.63, 3.8) is 0 Å². The van der Waals surface area contributed by atoms with E-state index in [0.717, 1.165) is 19.5 Å². The molecule has 0 fully saturated rings. The minimum atomic E-state index is 0.494. The molecule has 0 aliphatic carbocycles. The molecule has 0 bridgehead atoms. The highest BCUT2D eigenvalue weighted by Gasteiger charge is 2.00. The molecule has 0 aromatic heterocycles. The standard InChI is InChI=1S/C7H19N3/c1-9-5-3-4-7(6-8)10-2/h7,9-10H,3-6,8H2,1-2H3/t7-/m1/s1. The molecule has 0 rings (SSSR count). The van der Waals surface area contributed by atoms with Gasteiger partial charge in [-0.2, -0.15) is 0 Å². The fraction of sp³-hybridized carbons (Fsp3) is 1.00. The molecule has 10 heavy (non-hydrogen) atoms. The summed E-state index contributed by atoms with van der Waals surface area (Å²) in [5.74, 6) is 0. The second-order valence-electron chi connectivity index (χ2n) is 2.47. The van der Waals surface area contributed by atoms with Gasteiger partial charge in [-0.05, 0) is 33.5 Å². The van der Waals surface area contributed by atoms with Gasteiger partial charge >= 0.3 is 0 Å². The van der Waals surface area contributed by atoms with Gasteiger partial charge in [-0.3, -0.25) is 0 Å². The Kier molecular flexibility index (Phi) is 6.91. The van der Waals surface area contributed by atoms with E-state index in [-0.39, 0.29) is 0 Å². The van der Waals surface area contributed by atoms with Crippen LogP contribution in [0.25, 0.3) is 0 Å². The summed E-state index contributed by atoms with van der Waals surface area (Å²) in [6.07, 6.45) is 2.35. The summed E-state index contributed by atoms with van der Waals surface area (Å²) in [6.45, 7) is 1.82. The zero-order valence-electron chi connectivity index (χ0n) is 6.98. The van der Waals surface area contributed by atoms with Crippen LogP contribution in [-0.2, 0) is 0 Å². The van der Waals surface area contributed by atoms with Crippen LogP contribution in [0.3, 0.4) is 0 Å². The van der Waals surface area contributed by atoms with E-state index in [1.807, 2.05) is 14.1 Å². The third-order valence-electron chi connectivity index (χ3n) is 1.67. The normalized spacial score (nSPS) is 13.5. The van der Waals surface area contributed by atoms with E-state index in [4.69, 9.17) is 5.73 Å². The molecule has 0 aromatic rings. The van der Waals surface area contributed by atoms with Crippen molar-refractivity contribution in [2.75, 3.05) is 27.2 Å². The predicted octanol–water partition coefficient (Wildman–Crippen LogP) is -0.467. The Labute approximate surface area is 63.4 Å². The van der Waals surface area contributed by atoms with E-state index in [0.29, 0.717) is 6.04 Å². The van der Waals surface area contributed by atoms with Crippen LogP contribution in [-0.4, -0.2) is 33.2 Å². The highest BCUT2D eigenvalue weighted by atomic mass is 14.9. The third kappa shape index (κ3) is 4.73. The lowest BCUT2D eigenvalue weighted by molar-refractivity contribution is 0.506. The second kappa shape index (κ2) is 6.99. The van der Waals surface area contributed by atoms with Crippen molar-refractivity contribution in [3.05, 3.63) is 0 Å². The Hall–Kier alpha value is -0.120. The number of rotatable bonds is 6. The maximum Gasteiger partial charge on any atom is 0.0187 e. The van der Waals surface area contributed by atoms with Crippen LogP contribution in [0.2, 0.25) is 0 Å². The number of nitrogens with one attached hydrogen (secondary N) is 2. The molecule has 0 aliphatic heterocycles. The van der Waals surface area contributed by atoms with Crippen molar-refractivity contribution in [1.29, 1.82) is 0 Å². The molecule has 3 heteroatoms. The summed E-state index contributed by atoms with van der Waals surface area (Å²) in [4.78, 5) is 0. The van der Waals surface area contributed by atoms with Gasteiger partial charge in [-0.25, -0.2) is 0 Å². The monoisotopic (exact) mass is 145 g/mol. The maximum absolute atomic E-state index is 5.48. The van der Waals surface area contributed by atoms with Gasteiger partial charge in [0, 0.05) is 12.6 Å². The topological polar surface area (TPSA) is 50.1 Å². The van der Waals surface area contributed by atoms with E-state index >= 15 is 0 Å². The van der Waals surface area contributed by atoms with E-state index in [2.05, 4.69) is 10.6 Å². The number of nitrogens with two attached hydrogens (primary N) is 1. The molecule has 3 nitrogen and oxygen atoms in total. The van der Waals surface area contributed by atoms with Crippen LogP contribution in [0.15, 0.2) is 0 Å². The Balaban J connectivity index is 3.09. The molecule has 0 aromatic carbocycles. The largest absolute Gasteiger partial charge is 0.329 e. The molecule has 4 N–H and O–H groups in total. The summed E-state index contributed by atoms with van der Waals surface area (Å²) in [6, 6.07) is 0.494. The van der Waals surface area contributed by atoms with Gasteiger partial charge in [-0.1, -0.05) is 0 Å². The Morgan fingerprint density at radius 2 is 2.10 bits per heavy atom. The maximum atomic E-state index is 5.48. The molecule has 0 heterocycles. The highest BCUT2D eigenvalue weighted by Crippen LogP contribution is 1.92. The van der Waals surface area contributed by atoms with Crippen LogP contribution in [0.4, 0.5) is 0 Å². The Morgan fingerprint density at radius 1 is 1.40 bits per heavy atom. The van der Waals surface area contributed by atoms with Gasteiger partial charge < -0.3 is 16.4 Å². The smallest absolute Gasteiger partial charge is 0.0187 e. The Morgan fingerprint density at radius 3 is 2.50 bits per heavy atom. The van der Waals surface area contributed by atoms with Gasteiger partial charge in [0.1, 0.15) is 0 Å². The van der Waals surface area contributed by atoms with Crippen molar-refractivity contribution in [2.45, 2.75) is 18.9 Å². The molecular weight excluding hydrogens is 126 g/mol. The lowest BCUT2D eigenvalue weighted by Gasteiger charge is -2.12. The minimum absolute atomic E-state index is 0.494. The number of hydrogen-bond donors (Lipinski definition) is 3. The van der Waals surface area contributed by atoms with E-state index < -0.39 is 0 Å². The minimum Gasteiger partial charge on any atom is -0.329 e. The summed E-state index contributed by atoms with van der Waals surface area (Å²) in [7, 11) is 3.92. The summed E-state index contributed by atoms with van der Waals surface area (Å²) >= 11 is 0. The van der Waals surface area contributed by atoms with Crippen LogP contribution < -0.4 is 16.4 Å². The van der Waals surface area contributed by atoms with Crippen molar-refractivity contribution in [2.24, 2.45) is 5.73 Å². The first-order valence-electron chi connectivity index (χ1n) is 3.87. The van der Waals surface area contributed by atoms with Crippen LogP contribution in [0, 0.1) is 0 Å². The predicted molar refractivity (Wildman–Crippen MR) is 45.1 cm³/mol. The summed E-state index contributed by atoms with van der Waals surface area (Å²) < 4.78 is 0. The Bertz CT molecular complexity index is 61.9.